The third-order valence-electron chi connectivity index (χ3n) is 2.45. The largest absolute Gasteiger partial charge is 0.368 e. The minimum absolute atomic E-state index is 0.0803. The van der Waals surface area contributed by atoms with Crippen molar-refractivity contribution in [3.05, 3.63) is 34.9 Å². The topological polar surface area (TPSA) is 26.3 Å². The standard InChI is InChI=1S/C13H17ClO2/c1-4-16-13(2,3)12(15)9-10-5-7-11(14)8-6-10/h5-8H,4,9H2,1-3H3. The highest BCUT2D eigenvalue weighted by molar-refractivity contribution is 6.30. The number of halogens is 1. The summed E-state index contributed by atoms with van der Waals surface area (Å²) in [6.45, 7) is 6.03. The Hall–Kier alpha value is -0.860. The van der Waals surface area contributed by atoms with Crippen molar-refractivity contribution in [2.24, 2.45) is 0 Å². The second-order valence-electron chi connectivity index (χ2n) is 4.17. The van der Waals surface area contributed by atoms with Gasteiger partial charge < -0.3 is 4.74 Å². The third-order valence-corrected chi connectivity index (χ3v) is 2.71. The molecule has 0 saturated heterocycles. The van der Waals surface area contributed by atoms with Crippen molar-refractivity contribution >= 4 is 17.4 Å². The van der Waals surface area contributed by atoms with Crippen LogP contribution < -0.4 is 0 Å². The van der Waals surface area contributed by atoms with E-state index in [1.165, 1.54) is 0 Å². The van der Waals surface area contributed by atoms with Gasteiger partial charge in [-0.1, -0.05) is 23.7 Å². The summed E-state index contributed by atoms with van der Waals surface area (Å²) in [6.07, 6.45) is 0.379. The number of carbonyl (C=O) groups excluding carboxylic acids is 1. The predicted molar refractivity (Wildman–Crippen MR) is 65.9 cm³/mol. The minimum Gasteiger partial charge on any atom is -0.368 e. The van der Waals surface area contributed by atoms with Gasteiger partial charge in [0, 0.05) is 18.1 Å². The zero-order valence-corrected chi connectivity index (χ0v) is 10.7. The molecule has 0 aliphatic heterocycles. The molecule has 0 fully saturated rings. The number of hydrogen-bond donors (Lipinski definition) is 0. The summed E-state index contributed by atoms with van der Waals surface area (Å²) in [6, 6.07) is 7.31. The highest BCUT2D eigenvalue weighted by Gasteiger charge is 2.27. The van der Waals surface area contributed by atoms with Crippen LogP contribution in [0.4, 0.5) is 0 Å². The number of Topliss-reactive ketones (excluding diaryl/α,β-unsaturated/α-hetero) is 1. The fourth-order valence-electron chi connectivity index (χ4n) is 1.44. The van der Waals surface area contributed by atoms with Crippen LogP contribution in [0.25, 0.3) is 0 Å². The molecule has 0 radical (unpaired) electrons. The molecule has 0 heterocycles. The summed E-state index contributed by atoms with van der Waals surface area (Å²) in [5, 5.41) is 0.681. The Labute approximate surface area is 102 Å². The lowest BCUT2D eigenvalue weighted by Gasteiger charge is -2.22. The van der Waals surface area contributed by atoms with E-state index in [1.54, 1.807) is 26.0 Å². The smallest absolute Gasteiger partial charge is 0.168 e. The van der Waals surface area contributed by atoms with Crippen molar-refractivity contribution < 1.29 is 9.53 Å². The zero-order valence-electron chi connectivity index (χ0n) is 9.92. The number of benzene rings is 1. The summed E-state index contributed by atoms with van der Waals surface area (Å²) >= 11 is 5.78. The summed E-state index contributed by atoms with van der Waals surface area (Å²) in [7, 11) is 0. The van der Waals surface area contributed by atoms with E-state index in [4.69, 9.17) is 16.3 Å². The normalized spacial score (nSPS) is 11.5. The molecule has 3 heteroatoms. The molecule has 1 rings (SSSR count). The number of rotatable bonds is 5. The maximum absolute atomic E-state index is 12.0. The molecule has 1 aromatic carbocycles. The van der Waals surface area contributed by atoms with Crippen LogP contribution in [0.2, 0.25) is 5.02 Å². The molecule has 0 N–H and O–H groups in total. The number of ketones is 1. The lowest BCUT2D eigenvalue weighted by molar-refractivity contribution is -0.139. The summed E-state index contributed by atoms with van der Waals surface area (Å²) in [5.74, 6) is 0.0803. The lowest BCUT2D eigenvalue weighted by Crippen LogP contribution is -2.36. The first-order valence-electron chi connectivity index (χ1n) is 5.37. The van der Waals surface area contributed by atoms with Crippen LogP contribution in [0.3, 0.4) is 0 Å². The molecular formula is C13H17ClO2. The first kappa shape index (κ1) is 13.2. The van der Waals surface area contributed by atoms with Crippen LogP contribution in [0, 0.1) is 0 Å². The van der Waals surface area contributed by atoms with Crippen molar-refractivity contribution in [3.8, 4) is 0 Å². The molecule has 0 spiro atoms. The van der Waals surface area contributed by atoms with Gasteiger partial charge in [-0.25, -0.2) is 0 Å². The van der Waals surface area contributed by atoms with Crippen LogP contribution in [-0.2, 0) is 16.0 Å². The van der Waals surface area contributed by atoms with Gasteiger partial charge in [0.15, 0.2) is 5.78 Å². The molecule has 16 heavy (non-hydrogen) atoms. The molecular weight excluding hydrogens is 224 g/mol. The van der Waals surface area contributed by atoms with Gasteiger partial charge in [0.05, 0.1) is 0 Å². The van der Waals surface area contributed by atoms with Crippen molar-refractivity contribution in [1.29, 1.82) is 0 Å². The van der Waals surface area contributed by atoms with Gasteiger partial charge in [0.1, 0.15) is 5.60 Å². The lowest BCUT2D eigenvalue weighted by atomic mass is 9.97. The Bertz CT molecular complexity index is 355. The van der Waals surface area contributed by atoms with Gasteiger partial charge >= 0.3 is 0 Å². The molecule has 0 atom stereocenters. The van der Waals surface area contributed by atoms with Gasteiger partial charge in [-0.3, -0.25) is 4.79 Å². The second-order valence-corrected chi connectivity index (χ2v) is 4.61. The molecule has 0 aliphatic rings. The number of carbonyl (C=O) groups is 1. The summed E-state index contributed by atoms with van der Waals surface area (Å²) < 4.78 is 5.41. The average Bonchev–Trinajstić information content (AvgIpc) is 2.21. The fraction of sp³-hybridized carbons (Fsp3) is 0.462. The third kappa shape index (κ3) is 3.62. The Morgan fingerprint density at radius 2 is 1.88 bits per heavy atom. The SMILES string of the molecule is CCOC(C)(C)C(=O)Cc1ccc(Cl)cc1. The van der Waals surface area contributed by atoms with Crippen molar-refractivity contribution in [3.63, 3.8) is 0 Å². The van der Waals surface area contributed by atoms with Crippen molar-refractivity contribution in [1.82, 2.24) is 0 Å². The molecule has 0 unspecified atom stereocenters. The monoisotopic (exact) mass is 240 g/mol. The molecule has 1 aromatic rings. The fourth-order valence-corrected chi connectivity index (χ4v) is 1.57. The summed E-state index contributed by atoms with van der Waals surface area (Å²) in [5.41, 5.74) is 0.246. The molecule has 0 bridgehead atoms. The van der Waals surface area contributed by atoms with Crippen LogP contribution in [0.5, 0.6) is 0 Å². The van der Waals surface area contributed by atoms with Gasteiger partial charge in [-0.2, -0.15) is 0 Å². The van der Waals surface area contributed by atoms with Crippen LogP contribution in [0.15, 0.2) is 24.3 Å². The summed E-state index contributed by atoms with van der Waals surface area (Å²) in [4.78, 5) is 12.0. The number of hydrogen-bond acceptors (Lipinski definition) is 2. The molecule has 0 aromatic heterocycles. The quantitative estimate of drug-likeness (QED) is 0.790. The molecule has 0 aliphatic carbocycles. The number of ether oxygens (including phenoxy) is 1. The predicted octanol–water partition coefficient (Wildman–Crippen LogP) is 3.27. The van der Waals surface area contributed by atoms with E-state index in [2.05, 4.69) is 0 Å². The van der Waals surface area contributed by atoms with Crippen molar-refractivity contribution in [2.45, 2.75) is 32.8 Å². The molecule has 88 valence electrons. The van der Waals surface area contributed by atoms with Gasteiger partial charge in [0.25, 0.3) is 0 Å². The van der Waals surface area contributed by atoms with Gasteiger partial charge in [0.2, 0.25) is 0 Å². The second kappa shape index (κ2) is 5.46. The molecule has 2 nitrogen and oxygen atoms in total. The van der Waals surface area contributed by atoms with Crippen molar-refractivity contribution in [2.75, 3.05) is 6.61 Å². The Morgan fingerprint density at radius 1 is 1.31 bits per heavy atom. The Kier molecular flexibility index (Phi) is 4.51. The van der Waals surface area contributed by atoms with Gasteiger partial charge in [-0.05, 0) is 38.5 Å². The first-order valence-corrected chi connectivity index (χ1v) is 5.75. The van der Waals surface area contributed by atoms with E-state index in [9.17, 15) is 4.79 Å². The maximum atomic E-state index is 12.0. The van der Waals surface area contributed by atoms with Crippen LogP contribution in [0.1, 0.15) is 26.3 Å². The van der Waals surface area contributed by atoms with Crippen LogP contribution in [-0.4, -0.2) is 18.0 Å². The maximum Gasteiger partial charge on any atom is 0.168 e. The minimum atomic E-state index is -0.714. The van der Waals surface area contributed by atoms with E-state index >= 15 is 0 Å². The van der Waals surface area contributed by atoms with E-state index in [-0.39, 0.29) is 5.78 Å². The highest BCUT2D eigenvalue weighted by Crippen LogP contribution is 2.16. The zero-order chi connectivity index (χ0) is 12.2. The molecule has 0 amide bonds. The van der Waals surface area contributed by atoms with E-state index in [1.807, 2.05) is 19.1 Å². The van der Waals surface area contributed by atoms with E-state index in [0.717, 1.165) is 5.56 Å². The van der Waals surface area contributed by atoms with Crippen LogP contribution >= 0.6 is 11.6 Å². The average molecular weight is 241 g/mol. The Morgan fingerprint density at radius 3 is 2.38 bits per heavy atom. The van der Waals surface area contributed by atoms with E-state index in [0.29, 0.717) is 18.1 Å². The Balaban J connectivity index is 2.67. The molecule has 0 saturated carbocycles. The first-order chi connectivity index (χ1) is 7.45. The van der Waals surface area contributed by atoms with Gasteiger partial charge in [-0.15, -0.1) is 0 Å². The van der Waals surface area contributed by atoms with E-state index < -0.39 is 5.60 Å². The highest BCUT2D eigenvalue weighted by atomic mass is 35.5.